The van der Waals surface area contributed by atoms with E-state index in [1.165, 1.54) is 12.1 Å². The van der Waals surface area contributed by atoms with Crippen molar-refractivity contribution in [1.82, 2.24) is 0 Å². The maximum atomic E-state index is 13.4. The number of hydrogen-bond donors (Lipinski definition) is 1. The molecule has 0 aromatic heterocycles. The highest BCUT2D eigenvalue weighted by atomic mass is 19.1. The number of hydrogen-bond acceptors (Lipinski definition) is 3. The molecule has 0 aliphatic carbocycles. The number of rotatable bonds is 7. The van der Waals surface area contributed by atoms with Crippen LogP contribution in [0.3, 0.4) is 0 Å². The summed E-state index contributed by atoms with van der Waals surface area (Å²) in [6, 6.07) is 13.4. The highest BCUT2D eigenvalue weighted by Gasteiger charge is 2.07. The summed E-state index contributed by atoms with van der Waals surface area (Å²) in [4.78, 5) is 11.7. The molecule has 5 heteroatoms. The number of amides is 1. The van der Waals surface area contributed by atoms with Crippen LogP contribution in [0.1, 0.15) is 12.8 Å². The van der Waals surface area contributed by atoms with Gasteiger partial charge in [-0.15, -0.1) is 0 Å². The number of carbonyl (C=O) groups excluding carboxylic acids is 1. The fraction of sp³-hybridized carbons (Fsp3) is 0.235. The van der Waals surface area contributed by atoms with Gasteiger partial charge in [0.25, 0.3) is 0 Å². The molecular weight excluding hydrogens is 285 g/mol. The lowest BCUT2D eigenvalue weighted by Crippen LogP contribution is -2.13. The third kappa shape index (κ3) is 4.48. The van der Waals surface area contributed by atoms with E-state index in [4.69, 9.17) is 9.47 Å². The van der Waals surface area contributed by atoms with Crippen molar-refractivity contribution in [2.45, 2.75) is 12.8 Å². The number of para-hydroxylation sites is 3. The molecule has 0 spiro atoms. The first kappa shape index (κ1) is 15.8. The van der Waals surface area contributed by atoms with Crippen molar-refractivity contribution in [3.63, 3.8) is 0 Å². The summed E-state index contributed by atoms with van der Waals surface area (Å²) >= 11 is 0. The molecule has 2 aromatic rings. The number of carbonyl (C=O) groups is 1. The van der Waals surface area contributed by atoms with Crippen molar-refractivity contribution in [2.24, 2.45) is 0 Å². The fourth-order valence-electron chi connectivity index (χ4n) is 1.93. The highest BCUT2D eigenvalue weighted by molar-refractivity contribution is 5.90. The Morgan fingerprint density at radius 1 is 1.09 bits per heavy atom. The van der Waals surface area contributed by atoms with Crippen LogP contribution in [0.4, 0.5) is 10.1 Å². The first-order chi connectivity index (χ1) is 10.7. The Morgan fingerprint density at radius 3 is 2.50 bits per heavy atom. The van der Waals surface area contributed by atoms with Crippen LogP contribution in [0.25, 0.3) is 0 Å². The number of benzene rings is 2. The lowest BCUT2D eigenvalue weighted by atomic mass is 10.2. The van der Waals surface area contributed by atoms with Crippen molar-refractivity contribution in [1.29, 1.82) is 0 Å². The van der Waals surface area contributed by atoms with Crippen LogP contribution in [0.15, 0.2) is 48.5 Å². The van der Waals surface area contributed by atoms with E-state index in [1.54, 1.807) is 31.4 Å². The summed E-state index contributed by atoms with van der Waals surface area (Å²) in [7, 11) is 1.57. The van der Waals surface area contributed by atoms with E-state index in [9.17, 15) is 9.18 Å². The average molecular weight is 303 g/mol. The summed E-state index contributed by atoms with van der Waals surface area (Å²) < 4.78 is 24.1. The second-order valence-corrected chi connectivity index (χ2v) is 4.63. The van der Waals surface area contributed by atoms with E-state index in [0.717, 1.165) is 0 Å². The molecule has 1 amide bonds. The molecule has 116 valence electrons. The normalized spacial score (nSPS) is 10.1. The van der Waals surface area contributed by atoms with Gasteiger partial charge >= 0.3 is 0 Å². The summed E-state index contributed by atoms with van der Waals surface area (Å²) in [5, 5.41) is 2.54. The van der Waals surface area contributed by atoms with Crippen LogP contribution in [0, 0.1) is 5.82 Å². The van der Waals surface area contributed by atoms with E-state index in [-0.39, 0.29) is 18.0 Å². The van der Waals surface area contributed by atoms with Gasteiger partial charge in [-0.2, -0.15) is 0 Å². The molecule has 0 unspecified atom stereocenters. The zero-order valence-corrected chi connectivity index (χ0v) is 12.3. The molecule has 1 N–H and O–H groups in total. The summed E-state index contributed by atoms with van der Waals surface area (Å²) in [6.07, 6.45) is 0.780. The highest BCUT2D eigenvalue weighted by Crippen LogP contribution is 2.25. The van der Waals surface area contributed by atoms with Crippen molar-refractivity contribution in [3.8, 4) is 11.5 Å². The number of methoxy groups -OCH3 is 1. The first-order valence-electron chi connectivity index (χ1n) is 7.01. The van der Waals surface area contributed by atoms with E-state index >= 15 is 0 Å². The van der Waals surface area contributed by atoms with Gasteiger partial charge in [-0.3, -0.25) is 4.79 Å². The monoisotopic (exact) mass is 303 g/mol. The minimum Gasteiger partial charge on any atom is -0.493 e. The maximum Gasteiger partial charge on any atom is 0.224 e. The lowest BCUT2D eigenvalue weighted by molar-refractivity contribution is -0.116. The van der Waals surface area contributed by atoms with E-state index in [0.29, 0.717) is 24.5 Å². The zero-order valence-electron chi connectivity index (χ0n) is 12.3. The van der Waals surface area contributed by atoms with Crippen LogP contribution >= 0.6 is 0 Å². The number of nitrogens with one attached hydrogen (secondary N) is 1. The molecule has 2 aromatic carbocycles. The van der Waals surface area contributed by atoms with Crippen molar-refractivity contribution < 1.29 is 18.7 Å². The van der Waals surface area contributed by atoms with Crippen LogP contribution in [-0.2, 0) is 4.79 Å². The van der Waals surface area contributed by atoms with Gasteiger partial charge in [-0.05, 0) is 30.7 Å². The number of anilines is 1. The van der Waals surface area contributed by atoms with Crippen LogP contribution in [0.2, 0.25) is 0 Å². The molecule has 0 saturated heterocycles. The smallest absolute Gasteiger partial charge is 0.224 e. The second kappa shape index (κ2) is 8.02. The zero-order chi connectivity index (χ0) is 15.8. The van der Waals surface area contributed by atoms with Gasteiger partial charge in [-0.25, -0.2) is 4.39 Å². The van der Waals surface area contributed by atoms with Gasteiger partial charge in [0.2, 0.25) is 5.91 Å². The molecule has 0 radical (unpaired) electrons. The Hall–Kier alpha value is -2.56. The molecule has 0 saturated carbocycles. The molecule has 22 heavy (non-hydrogen) atoms. The van der Waals surface area contributed by atoms with Crippen LogP contribution in [0.5, 0.6) is 11.5 Å². The van der Waals surface area contributed by atoms with Gasteiger partial charge in [0.05, 0.1) is 19.4 Å². The molecule has 0 heterocycles. The molecule has 0 atom stereocenters. The largest absolute Gasteiger partial charge is 0.493 e. The SMILES string of the molecule is COc1ccccc1OCCCC(=O)Nc1ccccc1F. The summed E-state index contributed by atoms with van der Waals surface area (Å²) in [5.74, 6) is 0.604. The minimum absolute atomic E-state index is 0.193. The summed E-state index contributed by atoms with van der Waals surface area (Å²) in [6.45, 7) is 0.380. The molecular formula is C17H18FNO3. The average Bonchev–Trinajstić information content (AvgIpc) is 2.54. The third-order valence-electron chi connectivity index (χ3n) is 3.02. The Morgan fingerprint density at radius 2 is 1.77 bits per heavy atom. The Balaban J connectivity index is 1.75. The predicted molar refractivity (Wildman–Crippen MR) is 82.8 cm³/mol. The van der Waals surface area contributed by atoms with E-state index < -0.39 is 5.82 Å². The number of halogens is 1. The molecule has 2 rings (SSSR count). The molecule has 0 aliphatic heterocycles. The minimum atomic E-state index is -0.443. The topological polar surface area (TPSA) is 47.6 Å². The van der Waals surface area contributed by atoms with Crippen molar-refractivity contribution in [3.05, 3.63) is 54.3 Å². The second-order valence-electron chi connectivity index (χ2n) is 4.63. The molecule has 0 fully saturated rings. The number of ether oxygens (including phenoxy) is 2. The predicted octanol–water partition coefficient (Wildman–Crippen LogP) is 3.63. The Bertz CT molecular complexity index is 631. The van der Waals surface area contributed by atoms with Gasteiger partial charge in [0, 0.05) is 6.42 Å². The Labute approximate surface area is 128 Å². The van der Waals surface area contributed by atoms with E-state index in [1.807, 2.05) is 12.1 Å². The van der Waals surface area contributed by atoms with E-state index in [2.05, 4.69) is 5.32 Å². The lowest BCUT2D eigenvalue weighted by Gasteiger charge is -2.10. The molecule has 0 bridgehead atoms. The van der Waals surface area contributed by atoms with Crippen LogP contribution < -0.4 is 14.8 Å². The van der Waals surface area contributed by atoms with Gasteiger partial charge in [0.1, 0.15) is 5.82 Å². The molecule has 4 nitrogen and oxygen atoms in total. The van der Waals surface area contributed by atoms with Crippen molar-refractivity contribution in [2.75, 3.05) is 19.0 Å². The van der Waals surface area contributed by atoms with Crippen LogP contribution in [-0.4, -0.2) is 19.6 Å². The van der Waals surface area contributed by atoms with Gasteiger partial charge in [0.15, 0.2) is 11.5 Å². The third-order valence-corrected chi connectivity index (χ3v) is 3.02. The summed E-state index contributed by atoms with van der Waals surface area (Å²) in [5.41, 5.74) is 0.193. The van der Waals surface area contributed by atoms with Crippen molar-refractivity contribution >= 4 is 11.6 Å². The Kier molecular flexibility index (Phi) is 5.77. The van der Waals surface area contributed by atoms with Gasteiger partial charge < -0.3 is 14.8 Å². The first-order valence-corrected chi connectivity index (χ1v) is 7.01. The fourth-order valence-corrected chi connectivity index (χ4v) is 1.93. The quantitative estimate of drug-likeness (QED) is 0.795. The maximum absolute atomic E-state index is 13.4. The standard InChI is InChI=1S/C17H18FNO3/c1-21-15-9-4-5-10-16(15)22-12-6-11-17(20)19-14-8-3-2-7-13(14)18/h2-5,7-10H,6,11-12H2,1H3,(H,19,20). The van der Waals surface area contributed by atoms with Gasteiger partial charge in [-0.1, -0.05) is 24.3 Å². The molecule has 0 aliphatic rings.